The van der Waals surface area contributed by atoms with Gasteiger partial charge in [-0.15, -0.1) is 0 Å². The van der Waals surface area contributed by atoms with Crippen molar-refractivity contribution >= 4 is 17.1 Å². The van der Waals surface area contributed by atoms with Crippen molar-refractivity contribution in [3.8, 4) is 22.3 Å². The van der Waals surface area contributed by atoms with E-state index in [1.54, 1.807) is 5.56 Å². The first-order valence-electron chi connectivity index (χ1n) is 12.7. The van der Waals surface area contributed by atoms with Crippen LogP contribution in [0, 0.1) is 0 Å². The lowest BCUT2D eigenvalue weighted by molar-refractivity contribution is 0.997. The Kier molecular flexibility index (Phi) is 3.29. The van der Waals surface area contributed by atoms with Crippen molar-refractivity contribution in [2.75, 3.05) is 4.90 Å². The van der Waals surface area contributed by atoms with Crippen LogP contribution in [0.2, 0.25) is 0 Å². The molecule has 0 saturated carbocycles. The third kappa shape index (κ3) is 2.24. The average molecular weight is 446 g/mol. The van der Waals surface area contributed by atoms with Crippen molar-refractivity contribution in [2.45, 2.75) is 25.7 Å². The summed E-state index contributed by atoms with van der Waals surface area (Å²) < 4.78 is 0. The highest BCUT2D eigenvalue weighted by Gasteiger charge is 2.35. The lowest BCUT2D eigenvalue weighted by Crippen LogP contribution is -2.25. The van der Waals surface area contributed by atoms with Gasteiger partial charge in [-0.3, -0.25) is 0 Å². The third-order valence-corrected chi connectivity index (χ3v) is 8.77. The van der Waals surface area contributed by atoms with E-state index in [1.807, 2.05) is 0 Å². The molecule has 4 aliphatic rings. The molecule has 0 atom stereocenters. The molecular formula is C34H23N. The number of benzene rings is 5. The number of nitrogens with zero attached hydrogens (tertiary/aromatic N) is 1. The molecule has 0 amide bonds. The maximum atomic E-state index is 2.56. The van der Waals surface area contributed by atoms with Gasteiger partial charge in [0.1, 0.15) is 0 Å². The number of para-hydroxylation sites is 2. The minimum Gasteiger partial charge on any atom is -0.309 e. The number of anilines is 3. The van der Waals surface area contributed by atoms with E-state index in [4.69, 9.17) is 0 Å². The summed E-state index contributed by atoms with van der Waals surface area (Å²) >= 11 is 0. The molecule has 0 aromatic heterocycles. The molecule has 0 spiro atoms. The van der Waals surface area contributed by atoms with E-state index in [0.29, 0.717) is 0 Å². The molecule has 0 fully saturated rings. The zero-order valence-electron chi connectivity index (χ0n) is 19.4. The van der Waals surface area contributed by atoms with Crippen LogP contribution in [0.4, 0.5) is 17.1 Å². The summed E-state index contributed by atoms with van der Waals surface area (Å²) in [6, 6.07) is 34.4. The van der Waals surface area contributed by atoms with Crippen LogP contribution in [0.25, 0.3) is 22.3 Å². The van der Waals surface area contributed by atoms with Crippen LogP contribution in [0.3, 0.4) is 0 Å². The lowest BCUT2D eigenvalue weighted by Gasteiger charge is -2.40. The minimum atomic E-state index is 1.02. The van der Waals surface area contributed by atoms with Gasteiger partial charge in [0.05, 0.1) is 11.4 Å². The van der Waals surface area contributed by atoms with Gasteiger partial charge in [0, 0.05) is 18.5 Å². The zero-order chi connectivity index (χ0) is 22.7. The normalized spacial score (nSPS) is 14.9. The van der Waals surface area contributed by atoms with E-state index in [2.05, 4.69) is 95.9 Å². The monoisotopic (exact) mass is 445 g/mol. The van der Waals surface area contributed by atoms with Gasteiger partial charge in [-0.1, -0.05) is 78.9 Å². The number of rotatable bonds is 0. The minimum absolute atomic E-state index is 1.02. The Labute approximate surface area is 205 Å². The van der Waals surface area contributed by atoms with E-state index in [-0.39, 0.29) is 0 Å². The van der Waals surface area contributed by atoms with Crippen LogP contribution in [0.5, 0.6) is 0 Å². The van der Waals surface area contributed by atoms with Gasteiger partial charge in [0.25, 0.3) is 0 Å². The zero-order valence-corrected chi connectivity index (χ0v) is 19.4. The molecule has 0 unspecified atom stereocenters. The van der Waals surface area contributed by atoms with Crippen molar-refractivity contribution in [1.29, 1.82) is 0 Å². The molecule has 1 nitrogen and oxygen atoms in total. The predicted octanol–water partition coefficient (Wildman–Crippen LogP) is 8.11. The van der Waals surface area contributed by atoms with Gasteiger partial charge in [-0.05, 0) is 91.7 Å². The highest BCUT2D eigenvalue weighted by Crippen LogP contribution is 2.55. The fourth-order valence-corrected chi connectivity index (χ4v) is 7.32. The van der Waals surface area contributed by atoms with Crippen LogP contribution < -0.4 is 4.90 Å². The van der Waals surface area contributed by atoms with Gasteiger partial charge in [0.2, 0.25) is 0 Å². The highest BCUT2D eigenvalue weighted by atomic mass is 15.2. The van der Waals surface area contributed by atoms with Gasteiger partial charge in [-0.2, -0.15) is 0 Å². The van der Waals surface area contributed by atoms with Gasteiger partial charge in [-0.25, -0.2) is 0 Å². The van der Waals surface area contributed by atoms with Crippen molar-refractivity contribution in [2.24, 2.45) is 0 Å². The Morgan fingerprint density at radius 1 is 0.400 bits per heavy atom. The Bertz CT molecular complexity index is 1760. The Hall–Kier alpha value is -4.10. The summed E-state index contributed by atoms with van der Waals surface area (Å²) in [6.07, 6.45) is 4.14. The maximum Gasteiger partial charge on any atom is 0.0532 e. The second-order valence-electron chi connectivity index (χ2n) is 10.5. The van der Waals surface area contributed by atoms with Crippen LogP contribution >= 0.6 is 0 Å². The number of hydrogen-bond donors (Lipinski definition) is 0. The quantitative estimate of drug-likeness (QED) is 0.228. The van der Waals surface area contributed by atoms with E-state index < -0.39 is 0 Å². The first kappa shape index (κ1) is 18.3. The van der Waals surface area contributed by atoms with Crippen molar-refractivity contribution in [3.63, 3.8) is 0 Å². The predicted molar refractivity (Wildman–Crippen MR) is 143 cm³/mol. The Balaban J connectivity index is 1.28. The Morgan fingerprint density at radius 2 is 1.11 bits per heavy atom. The van der Waals surface area contributed by atoms with Gasteiger partial charge < -0.3 is 4.90 Å². The van der Waals surface area contributed by atoms with Gasteiger partial charge >= 0.3 is 0 Å². The molecule has 2 aliphatic carbocycles. The largest absolute Gasteiger partial charge is 0.309 e. The molecule has 35 heavy (non-hydrogen) atoms. The fraction of sp³-hybridized carbons (Fsp3) is 0.118. The number of hydrogen-bond acceptors (Lipinski definition) is 1. The highest BCUT2D eigenvalue weighted by molar-refractivity contribution is 5.95. The van der Waals surface area contributed by atoms with E-state index in [0.717, 1.165) is 25.7 Å². The van der Waals surface area contributed by atoms with E-state index in [9.17, 15) is 0 Å². The second-order valence-corrected chi connectivity index (χ2v) is 10.5. The van der Waals surface area contributed by atoms with Crippen molar-refractivity contribution < 1.29 is 0 Å². The molecule has 164 valence electrons. The van der Waals surface area contributed by atoms with Crippen LogP contribution in [-0.2, 0) is 25.7 Å². The Morgan fingerprint density at radius 3 is 2.06 bits per heavy atom. The van der Waals surface area contributed by atoms with Crippen LogP contribution in [-0.4, -0.2) is 0 Å². The van der Waals surface area contributed by atoms with Gasteiger partial charge in [0.15, 0.2) is 0 Å². The third-order valence-electron chi connectivity index (χ3n) is 8.77. The summed E-state index contributed by atoms with van der Waals surface area (Å²) in [5, 5.41) is 0. The SMILES string of the molecule is c1ccc2c(c1)Cc1c-2ccc2c1-c1ccc3c(c1C2)Cc1cccc2c1N3c1ccccc1C2. The fourth-order valence-electron chi connectivity index (χ4n) is 7.32. The van der Waals surface area contributed by atoms with Crippen LogP contribution in [0.1, 0.15) is 44.5 Å². The molecule has 5 aromatic carbocycles. The first-order valence-corrected chi connectivity index (χ1v) is 12.7. The molecular weight excluding hydrogens is 422 g/mol. The summed E-state index contributed by atoms with van der Waals surface area (Å²) in [4.78, 5) is 2.56. The maximum absolute atomic E-state index is 2.56. The molecule has 5 aromatic rings. The van der Waals surface area contributed by atoms with E-state index in [1.165, 1.54) is 78.3 Å². The molecule has 2 aliphatic heterocycles. The molecule has 0 saturated heterocycles. The standard InChI is InChI=1S/C34H23N/c1-3-10-25-20(6-1)17-30-26(25)13-12-22-18-28-27(33(22)30)14-15-32-29(28)19-24-9-5-8-23-16-21-7-2-4-11-31(21)35(32)34(23)24/h1-15H,16-19H2. The molecule has 0 radical (unpaired) electrons. The lowest BCUT2D eigenvalue weighted by atomic mass is 9.84. The molecule has 9 rings (SSSR count). The molecule has 0 N–H and O–H groups in total. The smallest absolute Gasteiger partial charge is 0.0532 e. The molecule has 2 heterocycles. The number of fused-ring (bicyclic) bond motifs is 12. The van der Waals surface area contributed by atoms with Crippen molar-refractivity contribution in [1.82, 2.24) is 0 Å². The average Bonchev–Trinajstić information content (AvgIpc) is 3.47. The molecule has 1 heteroatoms. The first-order chi connectivity index (χ1) is 17.3. The second kappa shape index (κ2) is 6.31. The summed E-state index contributed by atoms with van der Waals surface area (Å²) in [5.74, 6) is 0. The van der Waals surface area contributed by atoms with Crippen LogP contribution in [0.15, 0.2) is 91.0 Å². The van der Waals surface area contributed by atoms with Crippen molar-refractivity contribution in [3.05, 3.63) is 136 Å². The summed E-state index contributed by atoms with van der Waals surface area (Å²) in [6.45, 7) is 0. The summed E-state index contributed by atoms with van der Waals surface area (Å²) in [7, 11) is 0. The van der Waals surface area contributed by atoms with E-state index >= 15 is 0 Å². The summed E-state index contributed by atoms with van der Waals surface area (Å²) in [5.41, 5.74) is 21.9. The topological polar surface area (TPSA) is 3.24 Å². The molecule has 0 bridgehead atoms.